The van der Waals surface area contributed by atoms with Crippen LogP contribution in [0.5, 0.6) is 0 Å². The standard InChI is InChI=1S/C15H17N.ClH/c1-2-15(16)14-10-8-13(9-11-14)12-6-4-3-5-7-12;/h3-11,15H,2,16H2,1H3;1H/t15-;/m0./s1. The quantitative estimate of drug-likeness (QED) is 0.865. The fourth-order valence-electron chi connectivity index (χ4n) is 1.79. The summed E-state index contributed by atoms with van der Waals surface area (Å²) < 4.78 is 0. The maximum absolute atomic E-state index is 5.98. The van der Waals surface area contributed by atoms with Gasteiger partial charge in [0.15, 0.2) is 0 Å². The second-order valence-electron chi connectivity index (χ2n) is 4.00. The van der Waals surface area contributed by atoms with Gasteiger partial charge in [-0.1, -0.05) is 61.5 Å². The number of rotatable bonds is 3. The Balaban J connectivity index is 0.00000144. The van der Waals surface area contributed by atoms with Crippen molar-refractivity contribution in [1.29, 1.82) is 0 Å². The molecule has 0 aliphatic rings. The summed E-state index contributed by atoms with van der Waals surface area (Å²) in [6.07, 6.45) is 0.977. The van der Waals surface area contributed by atoms with Crippen LogP contribution in [0.2, 0.25) is 0 Å². The molecule has 0 fully saturated rings. The summed E-state index contributed by atoms with van der Waals surface area (Å²) in [4.78, 5) is 0. The maximum atomic E-state index is 5.98. The number of nitrogens with two attached hydrogens (primary N) is 1. The van der Waals surface area contributed by atoms with E-state index in [0.29, 0.717) is 0 Å². The van der Waals surface area contributed by atoms with Gasteiger partial charge in [0.25, 0.3) is 0 Å². The van der Waals surface area contributed by atoms with E-state index in [1.165, 1.54) is 16.7 Å². The summed E-state index contributed by atoms with van der Waals surface area (Å²) in [6, 6.07) is 19.1. The predicted octanol–water partition coefficient (Wildman–Crippen LogP) is 4.19. The molecule has 2 heteroatoms. The van der Waals surface area contributed by atoms with Gasteiger partial charge in [-0.2, -0.15) is 0 Å². The van der Waals surface area contributed by atoms with Gasteiger partial charge < -0.3 is 5.73 Å². The van der Waals surface area contributed by atoms with Crippen molar-refractivity contribution in [2.45, 2.75) is 19.4 Å². The van der Waals surface area contributed by atoms with Crippen molar-refractivity contribution in [3.05, 3.63) is 60.2 Å². The lowest BCUT2D eigenvalue weighted by Gasteiger charge is -2.09. The first-order valence-electron chi connectivity index (χ1n) is 5.72. The molecule has 17 heavy (non-hydrogen) atoms. The summed E-state index contributed by atoms with van der Waals surface area (Å²) in [5, 5.41) is 0. The molecule has 0 aromatic heterocycles. The summed E-state index contributed by atoms with van der Waals surface area (Å²) in [6.45, 7) is 2.11. The predicted molar refractivity (Wildman–Crippen MR) is 76.3 cm³/mol. The lowest BCUT2D eigenvalue weighted by atomic mass is 10.0. The van der Waals surface area contributed by atoms with Gasteiger partial charge >= 0.3 is 0 Å². The Labute approximate surface area is 109 Å². The molecule has 0 aliphatic heterocycles. The Kier molecular flexibility index (Phi) is 5.20. The maximum Gasteiger partial charge on any atom is 0.0292 e. The molecule has 2 rings (SSSR count). The van der Waals surface area contributed by atoms with Gasteiger partial charge in [0, 0.05) is 6.04 Å². The summed E-state index contributed by atoms with van der Waals surface area (Å²) in [5.74, 6) is 0. The fourth-order valence-corrected chi connectivity index (χ4v) is 1.79. The third-order valence-corrected chi connectivity index (χ3v) is 2.89. The molecule has 0 unspecified atom stereocenters. The molecule has 2 aromatic carbocycles. The molecule has 0 radical (unpaired) electrons. The lowest BCUT2D eigenvalue weighted by Crippen LogP contribution is -2.07. The van der Waals surface area contributed by atoms with Crippen molar-refractivity contribution in [2.75, 3.05) is 0 Å². The molecule has 0 saturated heterocycles. The minimum atomic E-state index is 0. The van der Waals surface area contributed by atoms with E-state index in [2.05, 4.69) is 55.5 Å². The van der Waals surface area contributed by atoms with Crippen LogP contribution in [0, 0.1) is 0 Å². The Bertz CT molecular complexity index is 436. The Hall–Kier alpha value is -1.31. The Morgan fingerprint density at radius 3 is 1.94 bits per heavy atom. The molecular formula is C15H18ClN. The Morgan fingerprint density at radius 1 is 0.882 bits per heavy atom. The van der Waals surface area contributed by atoms with E-state index < -0.39 is 0 Å². The van der Waals surface area contributed by atoms with Crippen molar-refractivity contribution >= 4 is 12.4 Å². The first kappa shape index (κ1) is 13.8. The molecule has 1 atom stereocenters. The van der Waals surface area contributed by atoms with Crippen LogP contribution in [0.25, 0.3) is 11.1 Å². The minimum Gasteiger partial charge on any atom is -0.324 e. The SMILES string of the molecule is CC[C@H](N)c1ccc(-c2ccccc2)cc1.Cl. The Morgan fingerprint density at radius 2 is 1.41 bits per heavy atom. The monoisotopic (exact) mass is 247 g/mol. The zero-order chi connectivity index (χ0) is 11.4. The highest BCUT2D eigenvalue weighted by atomic mass is 35.5. The van der Waals surface area contributed by atoms with Gasteiger partial charge in [-0.15, -0.1) is 12.4 Å². The molecule has 0 heterocycles. The second-order valence-corrected chi connectivity index (χ2v) is 4.00. The fraction of sp³-hybridized carbons (Fsp3) is 0.200. The van der Waals surface area contributed by atoms with E-state index in [0.717, 1.165) is 6.42 Å². The van der Waals surface area contributed by atoms with Crippen LogP contribution in [0.3, 0.4) is 0 Å². The summed E-state index contributed by atoms with van der Waals surface area (Å²) in [7, 11) is 0. The van der Waals surface area contributed by atoms with Crippen molar-refractivity contribution in [1.82, 2.24) is 0 Å². The first-order valence-corrected chi connectivity index (χ1v) is 5.72. The van der Waals surface area contributed by atoms with Crippen LogP contribution in [-0.4, -0.2) is 0 Å². The number of benzene rings is 2. The van der Waals surface area contributed by atoms with Gasteiger partial charge in [0.2, 0.25) is 0 Å². The van der Waals surface area contributed by atoms with E-state index in [4.69, 9.17) is 5.73 Å². The highest BCUT2D eigenvalue weighted by Gasteiger charge is 2.03. The zero-order valence-corrected chi connectivity index (χ0v) is 10.8. The molecule has 0 spiro atoms. The first-order chi connectivity index (χ1) is 7.81. The van der Waals surface area contributed by atoms with Crippen LogP contribution >= 0.6 is 12.4 Å². The molecule has 2 N–H and O–H groups in total. The van der Waals surface area contributed by atoms with Gasteiger partial charge in [-0.3, -0.25) is 0 Å². The molecular weight excluding hydrogens is 230 g/mol. The summed E-state index contributed by atoms with van der Waals surface area (Å²) in [5.41, 5.74) is 9.69. The molecule has 0 bridgehead atoms. The van der Waals surface area contributed by atoms with E-state index in [1.807, 2.05) is 6.07 Å². The number of hydrogen-bond donors (Lipinski definition) is 1. The average molecular weight is 248 g/mol. The molecule has 0 saturated carbocycles. The molecule has 2 aromatic rings. The van der Waals surface area contributed by atoms with Crippen molar-refractivity contribution in [3.8, 4) is 11.1 Å². The van der Waals surface area contributed by atoms with Crippen LogP contribution in [-0.2, 0) is 0 Å². The van der Waals surface area contributed by atoms with Crippen molar-refractivity contribution in [3.63, 3.8) is 0 Å². The van der Waals surface area contributed by atoms with Crippen LogP contribution in [0.1, 0.15) is 24.9 Å². The third kappa shape index (κ3) is 3.32. The third-order valence-electron chi connectivity index (χ3n) is 2.89. The van der Waals surface area contributed by atoms with Crippen molar-refractivity contribution < 1.29 is 0 Å². The molecule has 0 aliphatic carbocycles. The highest BCUT2D eigenvalue weighted by molar-refractivity contribution is 5.85. The average Bonchev–Trinajstić information content (AvgIpc) is 2.39. The number of hydrogen-bond acceptors (Lipinski definition) is 1. The summed E-state index contributed by atoms with van der Waals surface area (Å²) >= 11 is 0. The van der Waals surface area contributed by atoms with E-state index in [-0.39, 0.29) is 18.4 Å². The van der Waals surface area contributed by atoms with Gasteiger partial charge in [0.1, 0.15) is 0 Å². The van der Waals surface area contributed by atoms with Crippen LogP contribution < -0.4 is 5.73 Å². The topological polar surface area (TPSA) is 26.0 Å². The molecule has 1 nitrogen and oxygen atoms in total. The van der Waals surface area contributed by atoms with Crippen LogP contribution in [0.15, 0.2) is 54.6 Å². The van der Waals surface area contributed by atoms with Gasteiger partial charge in [0.05, 0.1) is 0 Å². The lowest BCUT2D eigenvalue weighted by molar-refractivity contribution is 0.699. The van der Waals surface area contributed by atoms with Crippen molar-refractivity contribution in [2.24, 2.45) is 5.73 Å². The second kappa shape index (κ2) is 6.43. The van der Waals surface area contributed by atoms with E-state index in [1.54, 1.807) is 0 Å². The van der Waals surface area contributed by atoms with E-state index in [9.17, 15) is 0 Å². The molecule has 90 valence electrons. The highest BCUT2D eigenvalue weighted by Crippen LogP contribution is 2.21. The normalized spacial score (nSPS) is 11.6. The van der Waals surface area contributed by atoms with Gasteiger partial charge in [-0.25, -0.2) is 0 Å². The number of halogens is 1. The zero-order valence-electron chi connectivity index (χ0n) is 9.97. The minimum absolute atomic E-state index is 0. The smallest absolute Gasteiger partial charge is 0.0292 e. The van der Waals surface area contributed by atoms with Crippen LogP contribution in [0.4, 0.5) is 0 Å². The largest absolute Gasteiger partial charge is 0.324 e. The molecule has 0 amide bonds. The van der Waals surface area contributed by atoms with Gasteiger partial charge in [-0.05, 0) is 23.1 Å². The van der Waals surface area contributed by atoms with E-state index >= 15 is 0 Å².